The lowest BCUT2D eigenvalue weighted by atomic mass is 9.93. The summed E-state index contributed by atoms with van der Waals surface area (Å²) >= 11 is 0. The smallest absolute Gasteiger partial charge is 0.380 e. The van der Waals surface area contributed by atoms with Gasteiger partial charge in [-0.05, 0) is 55.7 Å². The van der Waals surface area contributed by atoms with Crippen LogP contribution in [-0.4, -0.2) is 62.8 Å². The Bertz CT molecular complexity index is 1660. The Morgan fingerprint density at radius 2 is 1.83 bits per heavy atom. The van der Waals surface area contributed by atoms with Crippen molar-refractivity contribution in [3.05, 3.63) is 70.4 Å². The van der Waals surface area contributed by atoms with Crippen LogP contribution in [0.5, 0.6) is 0 Å². The van der Waals surface area contributed by atoms with Crippen LogP contribution in [0.4, 0.5) is 28.4 Å². The summed E-state index contributed by atoms with van der Waals surface area (Å²) in [4.78, 5) is 30.8. The summed E-state index contributed by atoms with van der Waals surface area (Å²) in [5.74, 6) is 0. The van der Waals surface area contributed by atoms with Crippen molar-refractivity contribution in [2.45, 2.75) is 43.0 Å². The maximum absolute atomic E-state index is 14.2. The Hall–Kier alpha value is -4.40. The van der Waals surface area contributed by atoms with Gasteiger partial charge in [0.2, 0.25) is 0 Å². The molecule has 0 N–H and O–H groups in total. The first kappa shape index (κ1) is 30.6. The summed E-state index contributed by atoms with van der Waals surface area (Å²) in [7, 11) is -2.59. The molecule has 2 heterocycles. The molecule has 14 heteroatoms. The minimum Gasteiger partial charge on any atom is -0.380 e. The second-order valence-electron chi connectivity index (χ2n) is 9.91. The minimum atomic E-state index is -4.74. The molecule has 42 heavy (non-hydrogen) atoms. The molecule has 2 aromatic rings. The largest absolute Gasteiger partial charge is 0.416 e. The molecule has 1 saturated heterocycles. The number of ether oxygens (including phenoxy) is 1. The molecule has 4 rings (SSSR count). The molecule has 2 atom stereocenters. The summed E-state index contributed by atoms with van der Waals surface area (Å²) in [5, 5.41) is 19.7. The first-order chi connectivity index (χ1) is 19.7. The normalized spacial score (nSPS) is 19.9. The first-order valence-corrected chi connectivity index (χ1v) is 14.6. The average Bonchev–Trinajstić information content (AvgIpc) is 2.95. The number of imide groups is 1. The first-order valence-electron chi connectivity index (χ1n) is 12.7. The third kappa shape index (κ3) is 5.68. The minimum absolute atomic E-state index is 0.0112. The standard InChI is InChI=1S/C28H26F3N5O5S/c1-17-23(15-33)25(22-10-9-18(14-32)12-24(22)42(3,39)40)36(26(37)34-11-5-8-21(16-34)41-2)27(38)35(17)20-7-4-6-19(13-20)28(29,30)31/h4,6-7,9-10,12-13,21,25H,5,8,11,16H2,1-3H3/t21-,25-/m1/s1. The van der Waals surface area contributed by atoms with E-state index in [2.05, 4.69) is 0 Å². The number of rotatable bonds is 4. The van der Waals surface area contributed by atoms with Gasteiger partial charge >= 0.3 is 18.2 Å². The Morgan fingerprint density at radius 1 is 1.12 bits per heavy atom. The van der Waals surface area contributed by atoms with Crippen LogP contribution in [0.15, 0.2) is 58.6 Å². The van der Waals surface area contributed by atoms with E-state index in [0.717, 1.165) is 35.4 Å². The van der Waals surface area contributed by atoms with E-state index in [9.17, 15) is 41.7 Å². The zero-order valence-electron chi connectivity index (χ0n) is 22.8. The van der Waals surface area contributed by atoms with Gasteiger partial charge in [-0.3, -0.25) is 4.90 Å². The lowest BCUT2D eigenvalue weighted by Crippen LogP contribution is -2.57. The molecular formula is C28H26F3N5O5S. The van der Waals surface area contributed by atoms with Crippen molar-refractivity contribution in [3.63, 3.8) is 0 Å². The van der Waals surface area contributed by atoms with Crippen molar-refractivity contribution in [1.82, 2.24) is 9.80 Å². The number of carbonyl (C=O) groups excluding carboxylic acids is 2. The predicted octanol–water partition coefficient (Wildman–Crippen LogP) is 4.99. The zero-order valence-corrected chi connectivity index (χ0v) is 23.7. The molecule has 2 aliphatic heterocycles. The number of allylic oxidation sites excluding steroid dienone is 1. The molecule has 0 unspecified atom stereocenters. The van der Waals surface area contributed by atoms with Gasteiger partial charge in [-0.25, -0.2) is 22.9 Å². The van der Waals surface area contributed by atoms with Gasteiger partial charge in [-0.1, -0.05) is 12.1 Å². The van der Waals surface area contributed by atoms with E-state index in [1.807, 2.05) is 12.1 Å². The molecule has 0 spiro atoms. The SMILES string of the molecule is CO[C@@H]1CCCN(C(=O)N2C(=O)N(c3cccc(C(F)(F)F)c3)C(C)=C(C#N)[C@H]2c2ccc(C#N)cc2S(C)(=O)=O)C1. The maximum Gasteiger partial charge on any atom is 0.416 e. The summed E-state index contributed by atoms with van der Waals surface area (Å²) < 4.78 is 71.8. The van der Waals surface area contributed by atoms with Crippen LogP contribution < -0.4 is 4.90 Å². The lowest BCUT2D eigenvalue weighted by molar-refractivity contribution is -0.137. The molecule has 4 amide bonds. The number of halogens is 3. The van der Waals surface area contributed by atoms with Crippen molar-refractivity contribution in [2.24, 2.45) is 0 Å². The van der Waals surface area contributed by atoms with Crippen LogP contribution in [0.1, 0.15) is 42.5 Å². The number of methoxy groups -OCH3 is 1. The third-order valence-electron chi connectivity index (χ3n) is 7.23. The summed E-state index contributed by atoms with van der Waals surface area (Å²) in [6.07, 6.45) is -3.03. The quantitative estimate of drug-likeness (QED) is 0.482. The molecule has 0 bridgehead atoms. The Morgan fingerprint density at radius 3 is 2.43 bits per heavy atom. The zero-order chi connectivity index (χ0) is 31.0. The maximum atomic E-state index is 14.2. The van der Waals surface area contributed by atoms with Gasteiger partial charge in [-0.15, -0.1) is 0 Å². The number of urea groups is 2. The van der Waals surface area contributed by atoms with Crippen LogP contribution in [0, 0.1) is 22.7 Å². The van der Waals surface area contributed by atoms with E-state index >= 15 is 0 Å². The second-order valence-corrected chi connectivity index (χ2v) is 11.9. The highest BCUT2D eigenvalue weighted by molar-refractivity contribution is 7.90. The van der Waals surface area contributed by atoms with Gasteiger partial charge in [0.15, 0.2) is 9.84 Å². The van der Waals surface area contributed by atoms with Crippen molar-refractivity contribution < 1.29 is 35.9 Å². The van der Waals surface area contributed by atoms with Crippen molar-refractivity contribution in [2.75, 3.05) is 31.4 Å². The number of carbonyl (C=O) groups is 2. The number of hydrogen-bond acceptors (Lipinski definition) is 7. The summed E-state index contributed by atoms with van der Waals surface area (Å²) in [5.41, 5.74) is -1.75. The number of piperidine rings is 1. The molecule has 1 fully saturated rings. The van der Waals surface area contributed by atoms with Crippen LogP contribution in [0.25, 0.3) is 0 Å². The fourth-order valence-electron chi connectivity index (χ4n) is 5.17. The molecule has 2 aliphatic rings. The highest BCUT2D eigenvalue weighted by Gasteiger charge is 2.47. The predicted molar refractivity (Wildman–Crippen MR) is 143 cm³/mol. The number of alkyl halides is 3. The summed E-state index contributed by atoms with van der Waals surface area (Å²) in [6, 6.07) is 7.79. The van der Waals surface area contributed by atoms with E-state index in [4.69, 9.17) is 4.74 Å². The molecule has 2 aromatic carbocycles. The van der Waals surface area contributed by atoms with Gasteiger partial charge in [0.25, 0.3) is 0 Å². The topological polar surface area (TPSA) is 135 Å². The van der Waals surface area contributed by atoms with Gasteiger partial charge in [0.05, 0.1) is 45.5 Å². The summed E-state index contributed by atoms with van der Waals surface area (Å²) in [6.45, 7) is 1.64. The third-order valence-corrected chi connectivity index (χ3v) is 8.38. The molecule has 220 valence electrons. The van der Waals surface area contributed by atoms with Crippen LogP contribution >= 0.6 is 0 Å². The number of sulfone groups is 1. The molecule has 0 aliphatic carbocycles. The van der Waals surface area contributed by atoms with E-state index in [0.29, 0.717) is 17.7 Å². The molecule has 0 aromatic heterocycles. The van der Waals surface area contributed by atoms with Crippen LogP contribution in [-0.2, 0) is 20.8 Å². The van der Waals surface area contributed by atoms with Gasteiger partial charge in [-0.2, -0.15) is 23.7 Å². The van der Waals surface area contributed by atoms with E-state index in [1.54, 1.807) is 0 Å². The fourth-order valence-corrected chi connectivity index (χ4v) is 6.12. The number of benzene rings is 2. The number of anilines is 1. The van der Waals surface area contributed by atoms with Crippen molar-refractivity contribution in [3.8, 4) is 12.1 Å². The average molecular weight is 602 g/mol. The molecular weight excluding hydrogens is 575 g/mol. The highest BCUT2D eigenvalue weighted by Crippen LogP contribution is 2.43. The van der Waals surface area contributed by atoms with Crippen molar-refractivity contribution >= 4 is 27.6 Å². The number of nitriles is 2. The molecule has 0 saturated carbocycles. The van der Waals surface area contributed by atoms with Crippen LogP contribution in [0.3, 0.4) is 0 Å². The lowest BCUT2D eigenvalue weighted by Gasteiger charge is -2.44. The van der Waals surface area contributed by atoms with E-state index in [1.165, 1.54) is 37.1 Å². The Kier molecular flexibility index (Phi) is 8.34. The van der Waals surface area contributed by atoms with Crippen LogP contribution in [0.2, 0.25) is 0 Å². The number of amides is 4. The fraction of sp³-hybridized carbons (Fsp3) is 0.357. The number of hydrogen-bond donors (Lipinski definition) is 0. The Labute approximate surface area is 240 Å². The van der Waals surface area contributed by atoms with Crippen molar-refractivity contribution in [1.29, 1.82) is 10.5 Å². The van der Waals surface area contributed by atoms with Gasteiger partial charge < -0.3 is 9.64 Å². The number of nitrogens with zero attached hydrogens (tertiary/aromatic N) is 5. The highest BCUT2D eigenvalue weighted by atomic mass is 32.2. The van der Waals surface area contributed by atoms with E-state index in [-0.39, 0.29) is 52.2 Å². The molecule has 0 radical (unpaired) electrons. The number of likely N-dealkylation sites (tertiary alicyclic amines) is 1. The second kappa shape index (κ2) is 11.5. The van der Waals surface area contributed by atoms with Gasteiger partial charge in [0, 0.05) is 32.2 Å². The molecule has 10 nitrogen and oxygen atoms in total. The van der Waals surface area contributed by atoms with E-state index < -0.39 is 39.7 Å². The Balaban J connectivity index is 1.99. The monoisotopic (exact) mass is 601 g/mol. The van der Waals surface area contributed by atoms with Gasteiger partial charge in [0.1, 0.15) is 6.04 Å².